The first kappa shape index (κ1) is 83.4. The number of likely N-dealkylation sites (N-methyl/N-ethyl adjacent to an activating group) is 1. The second-order valence-electron chi connectivity index (χ2n) is 23.8. The van der Waals surface area contributed by atoms with Crippen LogP contribution >= 0.6 is 7.82 Å². The van der Waals surface area contributed by atoms with Crippen LogP contribution in [0.2, 0.25) is 0 Å². The van der Waals surface area contributed by atoms with Crippen LogP contribution in [0, 0.1) is 0 Å². The summed E-state index contributed by atoms with van der Waals surface area (Å²) in [5, 5.41) is 0. The molecule has 2 unspecified atom stereocenters. The molecule has 0 aliphatic carbocycles. The molecule has 0 aromatic carbocycles. The molecule has 0 fully saturated rings. The van der Waals surface area contributed by atoms with Gasteiger partial charge in [0.25, 0.3) is 0 Å². The summed E-state index contributed by atoms with van der Waals surface area (Å²) >= 11 is 0. The molecule has 0 rings (SSSR count). The Labute approximate surface area is 540 Å². The highest BCUT2D eigenvalue weighted by Crippen LogP contribution is 2.43. The monoisotopic (exact) mass is 1240 g/mol. The number of rotatable bonds is 62. The number of nitrogens with zero attached hydrogens (tertiary/aromatic N) is 1. The molecule has 0 aromatic rings. The van der Waals surface area contributed by atoms with Gasteiger partial charge in [0.05, 0.1) is 27.7 Å². The molecule has 88 heavy (non-hydrogen) atoms. The van der Waals surface area contributed by atoms with Gasteiger partial charge in [0, 0.05) is 12.8 Å². The van der Waals surface area contributed by atoms with Gasteiger partial charge in [0.1, 0.15) is 19.8 Å². The summed E-state index contributed by atoms with van der Waals surface area (Å²) in [4.78, 5) is 35.9. The van der Waals surface area contributed by atoms with Gasteiger partial charge < -0.3 is 18.9 Å². The van der Waals surface area contributed by atoms with Crippen LogP contribution in [0.4, 0.5) is 0 Å². The molecule has 2 atom stereocenters. The van der Waals surface area contributed by atoms with Crippen molar-refractivity contribution in [3.63, 3.8) is 0 Å². The lowest BCUT2D eigenvalue weighted by Gasteiger charge is -2.24. The van der Waals surface area contributed by atoms with Gasteiger partial charge >= 0.3 is 19.8 Å². The molecule has 9 nitrogen and oxygen atoms in total. The summed E-state index contributed by atoms with van der Waals surface area (Å²) in [6.07, 6.45) is 102. The van der Waals surface area contributed by atoms with E-state index in [2.05, 4.69) is 184 Å². The molecule has 0 bridgehead atoms. The minimum atomic E-state index is -4.41. The molecule has 10 heteroatoms. The van der Waals surface area contributed by atoms with Crippen molar-refractivity contribution in [2.45, 2.75) is 264 Å². The Balaban J connectivity index is 4.14. The lowest BCUT2D eigenvalue weighted by Crippen LogP contribution is -2.37. The number of carbonyl (C=O) groups is 2. The van der Waals surface area contributed by atoms with Crippen molar-refractivity contribution in [1.29, 1.82) is 0 Å². The standard InChI is InChI=1S/C78H128NO8P/c1-6-8-10-12-14-16-18-20-22-24-26-28-30-32-34-36-37-38-39-40-41-43-45-47-49-51-53-55-57-59-61-63-65-67-69-71-78(81)87-76(75-86-88(82,83)85-73-72-79(3,4)5)74-84-77(80)70-68-66-64-62-60-58-56-54-52-50-48-46-44-42-35-33-31-29-27-25-23-21-19-17-15-13-11-9-7-2/h8-11,14-17,20-23,26-29,32-35,37-38,40-41,44-47,76H,6-7,12-13,18-19,24-25,30-31,36,39,42-43,48-75H2,1-5H3/p+1/b10-8-,11-9-,16-14-,17-15-,22-20-,23-21-,28-26-,29-27-,34-32-,35-33-,38-37-,41-40-,46-44-,47-45-. The summed E-state index contributed by atoms with van der Waals surface area (Å²) in [6, 6.07) is 0. The fourth-order valence-corrected chi connectivity index (χ4v) is 9.72. The van der Waals surface area contributed by atoms with Crippen LogP contribution in [0.15, 0.2) is 170 Å². The molecule has 0 saturated heterocycles. The van der Waals surface area contributed by atoms with Crippen molar-refractivity contribution >= 4 is 19.8 Å². The predicted octanol–water partition coefficient (Wildman–Crippen LogP) is 22.9. The molecule has 0 spiro atoms. The summed E-state index contributed by atoms with van der Waals surface area (Å²) in [7, 11) is 1.45. The summed E-state index contributed by atoms with van der Waals surface area (Å²) in [5.41, 5.74) is 0. The number of quaternary nitrogens is 1. The van der Waals surface area contributed by atoms with E-state index in [1.807, 2.05) is 21.1 Å². The van der Waals surface area contributed by atoms with E-state index in [0.717, 1.165) is 148 Å². The van der Waals surface area contributed by atoms with Crippen LogP contribution in [-0.2, 0) is 32.7 Å². The minimum absolute atomic E-state index is 0.0215. The number of unbranched alkanes of at least 4 members (excludes halogenated alkanes) is 20. The average molecular weight is 1240 g/mol. The van der Waals surface area contributed by atoms with Crippen LogP contribution in [0.1, 0.15) is 258 Å². The average Bonchev–Trinajstić information content (AvgIpc) is 3.57. The first-order valence-electron chi connectivity index (χ1n) is 34.9. The van der Waals surface area contributed by atoms with E-state index in [4.69, 9.17) is 18.5 Å². The quantitative estimate of drug-likeness (QED) is 0.0211. The number of hydrogen-bond acceptors (Lipinski definition) is 7. The maximum Gasteiger partial charge on any atom is 0.472 e. The Morgan fingerprint density at radius 2 is 0.614 bits per heavy atom. The molecule has 0 aliphatic rings. The molecule has 0 radical (unpaired) electrons. The predicted molar refractivity (Wildman–Crippen MR) is 380 cm³/mol. The molecule has 0 saturated carbocycles. The molecule has 0 heterocycles. The number of carbonyl (C=O) groups excluding carboxylic acids is 2. The third-order valence-corrected chi connectivity index (χ3v) is 15.2. The number of phosphoric acid groups is 1. The zero-order chi connectivity index (χ0) is 64.1. The van der Waals surface area contributed by atoms with Crippen molar-refractivity contribution in [3.05, 3.63) is 170 Å². The molecular weight excluding hydrogens is 1110 g/mol. The molecular formula is C78H129NO8P+. The summed E-state index contributed by atoms with van der Waals surface area (Å²) in [6.45, 7) is 4.19. The maximum absolute atomic E-state index is 12.9. The van der Waals surface area contributed by atoms with Crippen molar-refractivity contribution in [2.24, 2.45) is 0 Å². The van der Waals surface area contributed by atoms with Crippen molar-refractivity contribution in [3.8, 4) is 0 Å². The smallest absolute Gasteiger partial charge is 0.462 e. The molecule has 0 aromatic heterocycles. The van der Waals surface area contributed by atoms with E-state index in [0.29, 0.717) is 17.4 Å². The van der Waals surface area contributed by atoms with Crippen molar-refractivity contribution in [1.82, 2.24) is 0 Å². The van der Waals surface area contributed by atoms with Crippen LogP contribution in [0.3, 0.4) is 0 Å². The van der Waals surface area contributed by atoms with E-state index in [-0.39, 0.29) is 32.0 Å². The lowest BCUT2D eigenvalue weighted by molar-refractivity contribution is -0.870. The number of hydrogen-bond donors (Lipinski definition) is 1. The van der Waals surface area contributed by atoms with E-state index in [1.54, 1.807) is 0 Å². The maximum atomic E-state index is 12.9. The topological polar surface area (TPSA) is 108 Å². The molecule has 498 valence electrons. The van der Waals surface area contributed by atoms with Crippen molar-refractivity contribution < 1.29 is 42.1 Å². The van der Waals surface area contributed by atoms with E-state index < -0.39 is 26.5 Å². The third kappa shape index (κ3) is 70.5. The number of allylic oxidation sites excluding steroid dienone is 28. The highest BCUT2D eigenvalue weighted by atomic mass is 31.2. The van der Waals surface area contributed by atoms with Gasteiger partial charge in [-0.3, -0.25) is 18.6 Å². The molecule has 0 amide bonds. The highest BCUT2D eigenvalue weighted by Gasteiger charge is 2.27. The third-order valence-electron chi connectivity index (χ3n) is 14.2. The zero-order valence-corrected chi connectivity index (χ0v) is 57.5. The highest BCUT2D eigenvalue weighted by molar-refractivity contribution is 7.47. The first-order chi connectivity index (χ1) is 43.0. The van der Waals surface area contributed by atoms with Crippen LogP contribution in [-0.4, -0.2) is 74.9 Å². The molecule has 0 aliphatic heterocycles. The van der Waals surface area contributed by atoms with Gasteiger partial charge in [0.15, 0.2) is 6.10 Å². The Morgan fingerprint density at radius 1 is 0.352 bits per heavy atom. The lowest BCUT2D eigenvalue weighted by atomic mass is 10.0. The number of phosphoric ester groups is 1. The van der Waals surface area contributed by atoms with E-state index in [9.17, 15) is 19.0 Å². The van der Waals surface area contributed by atoms with Crippen molar-refractivity contribution in [2.75, 3.05) is 47.5 Å². The van der Waals surface area contributed by atoms with Crippen LogP contribution < -0.4 is 0 Å². The van der Waals surface area contributed by atoms with Gasteiger partial charge in [-0.2, -0.15) is 0 Å². The second-order valence-corrected chi connectivity index (χ2v) is 25.3. The fraction of sp³-hybridized carbons (Fsp3) is 0.615. The van der Waals surface area contributed by atoms with Gasteiger partial charge in [-0.25, -0.2) is 4.57 Å². The normalized spacial score (nSPS) is 14.2. The fourth-order valence-electron chi connectivity index (χ4n) is 8.98. The van der Waals surface area contributed by atoms with Gasteiger partial charge in [-0.1, -0.05) is 287 Å². The van der Waals surface area contributed by atoms with Crippen LogP contribution in [0.5, 0.6) is 0 Å². The first-order valence-corrected chi connectivity index (χ1v) is 36.4. The number of ether oxygens (including phenoxy) is 2. The Kier molecular flexibility index (Phi) is 63.3. The Morgan fingerprint density at radius 3 is 0.909 bits per heavy atom. The van der Waals surface area contributed by atoms with E-state index >= 15 is 0 Å². The largest absolute Gasteiger partial charge is 0.472 e. The van der Waals surface area contributed by atoms with Gasteiger partial charge in [-0.15, -0.1) is 0 Å². The molecule has 1 N–H and O–H groups in total. The second kappa shape index (κ2) is 66.8. The Hall–Kier alpha value is -4.63. The SMILES string of the molecule is CC/C=C\C/C=C\C/C=C\C/C=C\C/C=C\C/C=C\C/C=C\C/C=C\CCCCCCCCCCCCC(=O)OC(COC(=O)CCCCCCCCCCCC/C=C\C/C=C\C/C=C\C/C=C\C/C=C\C/C=C\CC)COP(=O)(O)OCC[N+](C)(C)C. The van der Waals surface area contributed by atoms with E-state index in [1.165, 1.54) is 77.0 Å². The summed E-state index contributed by atoms with van der Waals surface area (Å²) in [5.74, 6) is -0.816. The summed E-state index contributed by atoms with van der Waals surface area (Å²) < 4.78 is 34.7. The Bertz CT molecular complexity index is 2090. The van der Waals surface area contributed by atoms with Gasteiger partial charge in [0.2, 0.25) is 0 Å². The minimum Gasteiger partial charge on any atom is -0.462 e. The number of esters is 2. The van der Waals surface area contributed by atoms with Crippen LogP contribution in [0.25, 0.3) is 0 Å². The van der Waals surface area contributed by atoms with Gasteiger partial charge in [-0.05, 0) is 128 Å². The zero-order valence-electron chi connectivity index (χ0n) is 56.6.